The molecule has 0 aromatic rings. The monoisotopic (exact) mass is 447 g/mol. The van der Waals surface area contributed by atoms with Crippen molar-refractivity contribution in [3.05, 3.63) is 0 Å². The van der Waals surface area contributed by atoms with E-state index in [4.69, 9.17) is 3.08 Å². The van der Waals surface area contributed by atoms with Crippen molar-refractivity contribution >= 4 is 90.7 Å². The fraction of sp³-hybridized carbons (Fsp3) is 0. The summed E-state index contributed by atoms with van der Waals surface area (Å²) < 4.78 is 8.34. The number of hydrogen-bond acceptors (Lipinski definition) is 1. The van der Waals surface area contributed by atoms with Crippen LogP contribution in [0.1, 0.15) is 0 Å². The van der Waals surface area contributed by atoms with E-state index in [1.165, 1.54) is 0 Å². The van der Waals surface area contributed by atoms with Gasteiger partial charge in [-0.1, -0.05) is 0 Å². The molecule has 0 aliphatic carbocycles. The second kappa shape index (κ2) is 28.9. The summed E-state index contributed by atoms with van der Waals surface area (Å²) in [6.07, 6.45) is 0. The maximum atomic E-state index is 8.34. The third-order valence-corrected chi connectivity index (χ3v) is 0. The van der Waals surface area contributed by atoms with Crippen molar-refractivity contribution in [3.63, 3.8) is 0 Å². The van der Waals surface area contributed by atoms with Gasteiger partial charge < -0.3 is 0 Å². The molecule has 11 radical (unpaired) electrons. The van der Waals surface area contributed by atoms with Crippen LogP contribution in [0.2, 0.25) is 0 Å². The fourth-order valence-electron chi connectivity index (χ4n) is 0. The van der Waals surface area contributed by atoms with E-state index < -0.39 is 0 Å². The molecule has 0 aliphatic rings. The molecule has 0 spiro atoms. The topological polar surface area (TPSA) is 17.1 Å². The zero-order valence-corrected chi connectivity index (χ0v) is 13.0. The molecule has 0 saturated heterocycles. The van der Waals surface area contributed by atoms with Crippen LogP contribution in [0, 0.1) is 0 Å². The van der Waals surface area contributed by atoms with E-state index in [9.17, 15) is 0 Å². The predicted octanol–water partition coefficient (Wildman–Crippen LogP) is -1.64. The van der Waals surface area contributed by atoms with Crippen molar-refractivity contribution in [2.75, 3.05) is 0 Å². The SMILES string of the molecule is [As].[In].[O]=[Sn].[Sb]. The largest absolute Gasteiger partial charge is 0 e. The van der Waals surface area contributed by atoms with Gasteiger partial charge in [-0.3, -0.25) is 0 Å². The normalized spacial score (nSPS) is 0.800. The first-order valence-electron chi connectivity index (χ1n) is 0.204. The van der Waals surface area contributed by atoms with Gasteiger partial charge in [-0.2, -0.15) is 0 Å². The van der Waals surface area contributed by atoms with Crippen LogP contribution in [0.4, 0.5) is 0 Å². The Kier molecular flexibility index (Phi) is 144. The molecule has 0 atom stereocenters. The molecule has 0 N–H and O–H groups in total. The van der Waals surface area contributed by atoms with Gasteiger partial charge in [0.15, 0.2) is 0 Å². The summed E-state index contributed by atoms with van der Waals surface area (Å²) in [5.74, 6) is 0. The predicted molar refractivity (Wildman–Crippen MR) is 23.7 cm³/mol. The molecule has 0 amide bonds. The number of hydrogen-bond donors (Lipinski definition) is 0. The van der Waals surface area contributed by atoms with Crippen LogP contribution in [-0.2, 0) is 3.08 Å². The van der Waals surface area contributed by atoms with Gasteiger partial charge in [0.2, 0.25) is 0 Å². The minimum absolute atomic E-state index is 0. The van der Waals surface area contributed by atoms with Gasteiger partial charge in [-0.25, -0.2) is 0 Å². The first-order chi connectivity index (χ1) is 1.00. The molecule has 0 rings (SSSR count). The molecule has 5 heteroatoms. The molecule has 0 aromatic carbocycles. The average Bonchev–Trinajstić information content (AvgIpc) is 1.00. The van der Waals surface area contributed by atoms with Crippen molar-refractivity contribution in [2.24, 2.45) is 0 Å². The van der Waals surface area contributed by atoms with E-state index in [1.807, 2.05) is 0 Å². The van der Waals surface area contributed by atoms with Crippen LogP contribution in [0.15, 0.2) is 0 Å². The average molecular weight is 446 g/mol. The molecule has 23 valence electrons. The Morgan fingerprint density at radius 3 is 1.20 bits per heavy atom. The zero-order valence-electron chi connectivity index (χ0n) is 2.38. The van der Waals surface area contributed by atoms with Gasteiger partial charge in [0.05, 0.1) is 0 Å². The van der Waals surface area contributed by atoms with Gasteiger partial charge in [0.1, 0.15) is 0 Å². The van der Waals surface area contributed by atoms with Gasteiger partial charge in [-0.15, -0.1) is 0 Å². The Morgan fingerprint density at radius 1 is 1.20 bits per heavy atom. The zero-order chi connectivity index (χ0) is 2.00. The molecule has 0 bridgehead atoms. The standard InChI is InChI=1S/As.In.O.Sb.Sn. The van der Waals surface area contributed by atoms with E-state index in [-0.39, 0.29) is 68.2 Å². The minimum atomic E-state index is 0. The summed E-state index contributed by atoms with van der Waals surface area (Å²) in [6, 6.07) is 0. The maximum absolute atomic E-state index is 8.34. The summed E-state index contributed by atoms with van der Waals surface area (Å²) in [6.45, 7) is 0. The fourth-order valence-corrected chi connectivity index (χ4v) is 0. The Hall–Kier alpha value is 2.85. The van der Waals surface area contributed by atoms with Crippen LogP contribution in [0.25, 0.3) is 0 Å². The van der Waals surface area contributed by atoms with Crippen LogP contribution in [-0.4, -0.2) is 90.7 Å². The van der Waals surface area contributed by atoms with E-state index in [0.29, 0.717) is 22.5 Å². The smallest absolute Gasteiger partial charge is 0 e. The first kappa shape index (κ1) is 24.9. The molecule has 0 aromatic heterocycles. The Balaban J connectivity index is -0.00000000167. The third-order valence-electron chi connectivity index (χ3n) is 0. The Labute approximate surface area is 92.0 Å². The van der Waals surface area contributed by atoms with Crippen LogP contribution >= 0.6 is 0 Å². The van der Waals surface area contributed by atoms with Crippen LogP contribution < -0.4 is 0 Å². The first-order valence-corrected chi connectivity index (χ1v) is 1.37. The third kappa shape index (κ3) is 19.9. The summed E-state index contributed by atoms with van der Waals surface area (Å²) >= 11 is 0.300. The molecule has 0 fully saturated rings. The molecule has 1 nitrogen and oxygen atoms in total. The van der Waals surface area contributed by atoms with Crippen molar-refractivity contribution in [2.45, 2.75) is 0 Å². The van der Waals surface area contributed by atoms with E-state index in [1.54, 1.807) is 0 Å². The summed E-state index contributed by atoms with van der Waals surface area (Å²) in [5, 5.41) is 0. The van der Waals surface area contributed by atoms with Gasteiger partial charge in [0, 0.05) is 68.2 Å². The second-order valence-corrected chi connectivity index (χ2v) is 0. The summed E-state index contributed by atoms with van der Waals surface area (Å²) in [7, 11) is 0. The molecule has 0 unspecified atom stereocenters. The Bertz CT molecular complexity index is 11.6. The summed E-state index contributed by atoms with van der Waals surface area (Å²) in [4.78, 5) is 0. The molecular weight excluding hydrogens is 446 g/mol. The molecule has 0 saturated carbocycles. The molecule has 0 heterocycles. The minimum Gasteiger partial charge on any atom is 0 e. The van der Waals surface area contributed by atoms with Crippen molar-refractivity contribution < 1.29 is 3.08 Å². The second-order valence-electron chi connectivity index (χ2n) is 0. The van der Waals surface area contributed by atoms with Gasteiger partial charge in [0.25, 0.3) is 0 Å². The van der Waals surface area contributed by atoms with Crippen molar-refractivity contribution in [3.8, 4) is 0 Å². The van der Waals surface area contributed by atoms with Gasteiger partial charge in [-0.05, 0) is 0 Å². The quantitative estimate of drug-likeness (QED) is 0.409. The van der Waals surface area contributed by atoms with Gasteiger partial charge >= 0.3 is 25.6 Å². The Morgan fingerprint density at radius 2 is 1.20 bits per heavy atom. The van der Waals surface area contributed by atoms with E-state index in [2.05, 4.69) is 0 Å². The molecule has 0 aliphatic heterocycles. The van der Waals surface area contributed by atoms with E-state index >= 15 is 0 Å². The number of rotatable bonds is 0. The van der Waals surface area contributed by atoms with Crippen LogP contribution in [0.3, 0.4) is 0 Å². The van der Waals surface area contributed by atoms with Crippen molar-refractivity contribution in [1.29, 1.82) is 0 Å². The molecular formula is AsInOSbSn. The van der Waals surface area contributed by atoms with E-state index in [0.717, 1.165) is 0 Å². The maximum Gasteiger partial charge on any atom is 0 e. The van der Waals surface area contributed by atoms with Crippen LogP contribution in [0.5, 0.6) is 0 Å². The van der Waals surface area contributed by atoms with Crippen molar-refractivity contribution in [1.82, 2.24) is 0 Å². The molecule has 5 heavy (non-hydrogen) atoms. The summed E-state index contributed by atoms with van der Waals surface area (Å²) in [5.41, 5.74) is 0.